The van der Waals surface area contributed by atoms with Crippen molar-refractivity contribution in [3.63, 3.8) is 0 Å². The second-order valence-corrected chi connectivity index (χ2v) is 9.60. The number of hydrogen-bond donors (Lipinski definition) is 0. The van der Waals surface area contributed by atoms with Gasteiger partial charge in [-0.25, -0.2) is 9.97 Å². The Kier molecular flexibility index (Phi) is 3.59. The maximum atomic E-state index is 5.11. The Bertz CT molecular complexity index is 995. The van der Waals surface area contributed by atoms with Crippen molar-refractivity contribution in [2.24, 2.45) is 10.8 Å². The molecule has 27 heavy (non-hydrogen) atoms. The van der Waals surface area contributed by atoms with Gasteiger partial charge in [-0.3, -0.25) is 0 Å². The second kappa shape index (κ2) is 5.79. The lowest BCUT2D eigenvalue weighted by atomic mass is 9.65. The van der Waals surface area contributed by atoms with Crippen LogP contribution in [0.25, 0.3) is 22.3 Å². The molecule has 1 aromatic heterocycles. The van der Waals surface area contributed by atoms with Crippen LogP contribution in [-0.4, -0.2) is 22.6 Å². The van der Waals surface area contributed by atoms with Crippen LogP contribution >= 0.6 is 0 Å². The fourth-order valence-corrected chi connectivity index (χ4v) is 5.70. The number of para-hydroxylation sites is 1. The van der Waals surface area contributed by atoms with Crippen molar-refractivity contribution in [3.8, 4) is 11.4 Å². The summed E-state index contributed by atoms with van der Waals surface area (Å²) < 4.78 is 0. The smallest absolute Gasteiger partial charge is 0.162 e. The van der Waals surface area contributed by atoms with E-state index < -0.39 is 0 Å². The number of benzene rings is 2. The first kappa shape index (κ1) is 16.7. The Labute approximate surface area is 161 Å². The van der Waals surface area contributed by atoms with E-state index in [2.05, 4.69) is 74.2 Å². The van der Waals surface area contributed by atoms with Gasteiger partial charge in [0.25, 0.3) is 0 Å². The molecule has 2 heterocycles. The maximum absolute atomic E-state index is 5.11. The van der Waals surface area contributed by atoms with Crippen LogP contribution in [0.5, 0.6) is 0 Å². The molecule has 0 radical (unpaired) electrons. The molecule has 2 fully saturated rings. The molecule has 2 bridgehead atoms. The molecule has 2 aliphatic rings. The number of rotatable bonds is 2. The van der Waals surface area contributed by atoms with Crippen LogP contribution in [-0.2, 0) is 0 Å². The van der Waals surface area contributed by atoms with Gasteiger partial charge in [0.15, 0.2) is 5.82 Å². The van der Waals surface area contributed by atoms with Crippen molar-refractivity contribution in [2.75, 3.05) is 11.4 Å². The standard InChI is InChI=1S/C24H27N3/c1-23(2)13-18-14-24(3,15-23)16-27(18)22-19-11-7-8-12-20(19)25-21(26-22)17-9-5-4-6-10-17/h4-12,18H,13-16H2,1-3H3/t18-,24+/m1/s1. The molecule has 3 nitrogen and oxygen atoms in total. The van der Waals surface area contributed by atoms with Crippen LogP contribution in [0.2, 0.25) is 0 Å². The summed E-state index contributed by atoms with van der Waals surface area (Å²) in [4.78, 5) is 12.6. The minimum Gasteiger partial charge on any atom is -0.352 e. The summed E-state index contributed by atoms with van der Waals surface area (Å²) >= 11 is 0. The third kappa shape index (κ3) is 2.90. The number of aromatic nitrogens is 2. The number of fused-ring (bicyclic) bond motifs is 3. The Morgan fingerprint density at radius 1 is 0.889 bits per heavy atom. The average molecular weight is 358 g/mol. The Balaban J connectivity index is 1.67. The average Bonchev–Trinajstić information content (AvgIpc) is 2.90. The van der Waals surface area contributed by atoms with Gasteiger partial charge in [0.2, 0.25) is 0 Å². The maximum Gasteiger partial charge on any atom is 0.162 e. The van der Waals surface area contributed by atoms with Gasteiger partial charge in [-0.05, 0) is 42.2 Å². The van der Waals surface area contributed by atoms with Gasteiger partial charge in [-0.2, -0.15) is 0 Å². The normalized spacial score (nSPS) is 26.5. The zero-order valence-corrected chi connectivity index (χ0v) is 16.4. The summed E-state index contributed by atoms with van der Waals surface area (Å²) in [7, 11) is 0. The van der Waals surface area contributed by atoms with Gasteiger partial charge < -0.3 is 4.90 Å². The first-order valence-electron chi connectivity index (χ1n) is 10.0. The summed E-state index contributed by atoms with van der Waals surface area (Å²) in [6, 6.07) is 19.4. The molecule has 2 atom stereocenters. The van der Waals surface area contributed by atoms with Crippen molar-refractivity contribution in [3.05, 3.63) is 54.6 Å². The van der Waals surface area contributed by atoms with Crippen LogP contribution in [0.15, 0.2) is 54.6 Å². The molecule has 0 unspecified atom stereocenters. The molecular weight excluding hydrogens is 330 g/mol. The third-order valence-electron chi connectivity index (χ3n) is 6.30. The lowest BCUT2D eigenvalue weighted by Crippen LogP contribution is -2.35. The number of nitrogens with zero attached hydrogens (tertiary/aromatic N) is 3. The molecule has 1 saturated carbocycles. The van der Waals surface area contributed by atoms with Crippen LogP contribution in [0.3, 0.4) is 0 Å². The van der Waals surface area contributed by atoms with Crippen LogP contribution in [0.4, 0.5) is 5.82 Å². The third-order valence-corrected chi connectivity index (χ3v) is 6.30. The van der Waals surface area contributed by atoms with Crippen LogP contribution in [0.1, 0.15) is 40.0 Å². The predicted octanol–water partition coefficient (Wildman–Crippen LogP) is 5.70. The molecule has 3 aromatic rings. The first-order chi connectivity index (χ1) is 12.9. The highest BCUT2D eigenvalue weighted by Crippen LogP contribution is 2.53. The summed E-state index contributed by atoms with van der Waals surface area (Å²) in [6.07, 6.45) is 3.80. The Morgan fingerprint density at radius 3 is 2.44 bits per heavy atom. The predicted molar refractivity (Wildman–Crippen MR) is 112 cm³/mol. The van der Waals surface area contributed by atoms with Crippen molar-refractivity contribution < 1.29 is 0 Å². The van der Waals surface area contributed by atoms with E-state index in [0.717, 1.165) is 29.3 Å². The van der Waals surface area contributed by atoms with E-state index in [9.17, 15) is 0 Å². The fourth-order valence-electron chi connectivity index (χ4n) is 5.70. The van der Waals surface area contributed by atoms with Gasteiger partial charge in [-0.1, -0.05) is 63.2 Å². The van der Waals surface area contributed by atoms with Crippen molar-refractivity contribution in [1.82, 2.24) is 9.97 Å². The van der Waals surface area contributed by atoms with Gasteiger partial charge in [0.1, 0.15) is 5.82 Å². The first-order valence-corrected chi connectivity index (χ1v) is 10.0. The number of hydrogen-bond acceptors (Lipinski definition) is 3. The van der Waals surface area contributed by atoms with E-state index in [1.807, 2.05) is 6.07 Å². The van der Waals surface area contributed by atoms with E-state index in [-0.39, 0.29) is 0 Å². The second-order valence-electron chi connectivity index (χ2n) is 9.60. The molecule has 2 aromatic carbocycles. The highest BCUT2D eigenvalue weighted by atomic mass is 15.3. The zero-order chi connectivity index (χ0) is 18.6. The van der Waals surface area contributed by atoms with Crippen LogP contribution < -0.4 is 4.90 Å². The molecule has 0 spiro atoms. The van der Waals surface area contributed by atoms with Crippen molar-refractivity contribution >= 4 is 16.7 Å². The molecule has 1 saturated heterocycles. The lowest BCUT2D eigenvalue weighted by molar-refractivity contribution is 0.136. The largest absolute Gasteiger partial charge is 0.352 e. The molecule has 1 aliphatic carbocycles. The van der Waals surface area contributed by atoms with Crippen LogP contribution in [0, 0.1) is 10.8 Å². The molecule has 138 valence electrons. The molecule has 5 rings (SSSR count). The molecular formula is C24H27N3. The Morgan fingerprint density at radius 2 is 1.63 bits per heavy atom. The quantitative estimate of drug-likeness (QED) is 0.589. The SMILES string of the molecule is CC1(C)C[C@@H]2C[C@](C)(CN2c2nc(-c3ccccc3)nc3ccccc23)C1. The molecule has 1 aliphatic heterocycles. The topological polar surface area (TPSA) is 29.0 Å². The van der Waals surface area contributed by atoms with Gasteiger partial charge in [0, 0.05) is 23.5 Å². The highest BCUT2D eigenvalue weighted by molar-refractivity contribution is 5.91. The molecule has 0 N–H and O–H groups in total. The van der Waals surface area contributed by atoms with E-state index >= 15 is 0 Å². The van der Waals surface area contributed by atoms with E-state index in [0.29, 0.717) is 16.9 Å². The summed E-state index contributed by atoms with van der Waals surface area (Å²) in [5.41, 5.74) is 2.90. The minimum absolute atomic E-state index is 0.380. The monoisotopic (exact) mass is 357 g/mol. The number of anilines is 1. The Hall–Kier alpha value is -2.42. The minimum atomic E-state index is 0.380. The molecule has 0 amide bonds. The lowest BCUT2D eigenvalue weighted by Gasteiger charge is -2.39. The van der Waals surface area contributed by atoms with Gasteiger partial charge >= 0.3 is 0 Å². The van der Waals surface area contributed by atoms with Crippen molar-refractivity contribution in [2.45, 2.75) is 46.1 Å². The van der Waals surface area contributed by atoms with Gasteiger partial charge in [0.05, 0.1) is 5.52 Å². The molecule has 3 heteroatoms. The zero-order valence-electron chi connectivity index (χ0n) is 16.4. The van der Waals surface area contributed by atoms with Gasteiger partial charge in [-0.15, -0.1) is 0 Å². The summed E-state index contributed by atoms with van der Waals surface area (Å²) in [6.45, 7) is 8.40. The summed E-state index contributed by atoms with van der Waals surface area (Å²) in [5, 5.41) is 1.17. The van der Waals surface area contributed by atoms with E-state index in [1.165, 1.54) is 24.6 Å². The summed E-state index contributed by atoms with van der Waals surface area (Å²) in [5.74, 6) is 1.95. The fraction of sp³-hybridized carbons (Fsp3) is 0.417. The van der Waals surface area contributed by atoms with E-state index in [1.54, 1.807) is 0 Å². The van der Waals surface area contributed by atoms with Crippen molar-refractivity contribution in [1.29, 1.82) is 0 Å². The highest BCUT2D eigenvalue weighted by Gasteiger charge is 2.50. The van der Waals surface area contributed by atoms with E-state index in [4.69, 9.17) is 9.97 Å².